The number of hydrogen-bond acceptors (Lipinski definition) is 4. The lowest BCUT2D eigenvalue weighted by Gasteiger charge is -2.41. The first-order chi connectivity index (χ1) is 10.6. The average molecular weight is 364 g/mol. The smallest absolute Gasteiger partial charge is 0.236 e. The van der Waals surface area contributed by atoms with E-state index in [9.17, 15) is 17.6 Å². The quantitative estimate of drug-likeness (QED) is 0.754. The summed E-state index contributed by atoms with van der Waals surface area (Å²) in [6.45, 7) is 4.64. The van der Waals surface area contributed by atoms with Crippen LogP contribution in [0.5, 0.6) is 5.75 Å². The second kappa shape index (κ2) is 6.37. The van der Waals surface area contributed by atoms with Gasteiger partial charge in [-0.1, -0.05) is 0 Å². The zero-order valence-corrected chi connectivity index (χ0v) is 14.7. The van der Waals surface area contributed by atoms with E-state index < -0.39 is 39.3 Å². The molecule has 8 heteroatoms. The van der Waals surface area contributed by atoms with Crippen LogP contribution in [0.15, 0.2) is 18.2 Å². The molecule has 1 heterocycles. The number of nitrogens with zero attached hydrogens (tertiary/aromatic N) is 1. The Kier molecular flexibility index (Phi) is 5.03. The van der Waals surface area contributed by atoms with Gasteiger partial charge in [0.25, 0.3) is 0 Å². The van der Waals surface area contributed by atoms with E-state index in [1.54, 1.807) is 0 Å². The number of benzene rings is 1. The summed E-state index contributed by atoms with van der Waals surface area (Å²) in [4.78, 5) is 11.4. The van der Waals surface area contributed by atoms with E-state index in [4.69, 9.17) is 16.3 Å². The second-order valence-electron chi connectivity index (χ2n) is 6.06. The van der Waals surface area contributed by atoms with Crippen molar-refractivity contribution in [2.45, 2.75) is 38.8 Å². The molecule has 128 valence electrons. The molecule has 1 aliphatic heterocycles. The van der Waals surface area contributed by atoms with Gasteiger partial charge in [0.05, 0.1) is 18.3 Å². The Labute approximate surface area is 140 Å². The third kappa shape index (κ3) is 4.02. The molecular formula is C15H19ClFNO4S. The molecule has 2 rings (SSSR count). The van der Waals surface area contributed by atoms with E-state index >= 15 is 0 Å². The van der Waals surface area contributed by atoms with E-state index in [-0.39, 0.29) is 12.2 Å². The van der Waals surface area contributed by atoms with Crippen molar-refractivity contribution in [3.8, 4) is 5.75 Å². The van der Waals surface area contributed by atoms with Crippen LogP contribution < -0.4 is 4.74 Å². The Morgan fingerprint density at radius 2 is 2.13 bits per heavy atom. The standard InChI is InChI=1S/C15H19ClFNO4S/c1-4-23(20,21)18(9-14(16)19)12-8-15(2,3)22-13-6-5-10(17)7-11(12)13/h5-7,12H,4,8-9H2,1-3H3. The number of rotatable bonds is 5. The van der Waals surface area contributed by atoms with Crippen molar-refractivity contribution in [1.82, 2.24) is 4.31 Å². The van der Waals surface area contributed by atoms with E-state index in [2.05, 4.69) is 0 Å². The molecule has 1 atom stereocenters. The molecule has 0 aliphatic carbocycles. The van der Waals surface area contributed by atoms with Crippen LogP contribution in [0.4, 0.5) is 4.39 Å². The van der Waals surface area contributed by atoms with E-state index in [1.165, 1.54) is 25.1 Å². The second-order valence-corrected chi connectivity index (χ2v) is 8.70. The van der Waals surface area contributed by atoms with Gasteiger partial charge in [-0.15, -0.1) is 0 Å². The molecule has 0 saturated carbocycles. The van der Waals surface area contributed by atoms with Crippen LogP contribution in [0.25, 0.3) is 0 Å². The van der Waals surface area contributed by atoms with E-state index in [0.29, 0.717) is 11.3 Å². The minimum Gasteiger partial charge on any atom is -0.487 e. The van der Waals surface area contributed by atoms with Crippen LogP contribution in [0.3, 0.4) is 0 Å². The molecule has 0 aromatic heterocycles. The van der Waals surface area contributed by atoms with Crippen molar-refractivity contribution < 1.29 is 22.3 Å². The Hall–Kier alpha value is -1.18. The molecule has 0 fully saturated rings. The minimum absolute atomic E-state index is 0.181. The zero-order chi connectivity index (χ0) is 17.4. The molecular weight excluding hydrogens is 345 g/mol. The van der Waals surface area contributed by atoms with Gasteiger partial charge in [-0.3, -0.25) is 4.79 Å². The monoisotopic (exact) mass is 363 g/mol. The number of ether oxygens (including phenoxy) is 1. The summed E-state index contributed by atoms with van der Waals surface area (Å²) < 4.78 is 45.3. The molecule has 0 radical (unpaired) electrons. The van der Waals surface area contributed by atoms with Crippen LogP contribution >= 0.6 is 11.6 Å². The Morgan fingerprint density at radius 1 is 1.48 bits per heavy atom. The first-order valence-corrected chi connectivity index (χ1v) is 9.21. The number of sulfonamides is 1. The van der Waals surface area contributed by atoms with Gasteiger partial charge in [-0.25, -0.2) is 12.8 Å². The van der Waals surface area contributed by atoms with Crippen molar-refractivity contribution in [1.29, 1.82) is 0 Å². The number of fused-ring (bicyclic) bond motifs is 1. The lowest BCUT2D eigenvalue weighted by Crippen LogP contribution is -2.45. The van der Waals surface area contributed by atoms with E-state index in [0.717, 1.165) is 4.31 Å². The predicted molar refractivity (Wildman–Crippen MR) is 85.5 cm³/mol. The largest absolute Gasteiger partial charge is 0.487 e. The highest BCUT2D eigenvalue weighted by Crippen LogP contribution is 2.43. The van der Waals surface area contributed by atoms with E-state index in [1.807, 2.05) is 13.8 Å². The maximum absolute atomic E-state index is 13.6. The topological polar surface area (TPSA) is 63.7 Å². The highest BCUT2D eigenvalue weighted by Gasteiger charge is 2.41. The fraction of sp³-hybridized carbons (Fsp3) is 0.533. The zero-order valence-electron chi connectivity index (χ0n) is 13.2. The number of halogens is 2. The first kappa shape index (κ1) is 18.2. The fourth-order valence-corrected chi connectivity index (χ4v) is 4.16. The highest BCUT2D eigenvalue weighted by molar-refractivity contribution is 7.89. The fourth-order valence-electron chi connectivity index (χ4n) is 2.74. The predicted octanol–water partition coefficient (Wildman–Crippen LogP) is 2.85. The van der Waals surface area contributed by atoms with Crippen molar-refractivity contribution in [2.24, 2.45) is 0 Å². The summed E-state index contributed by atoms with van der Waals surface area (Å²) in [7, 11) is -3.71. The van der Waals surface area contributed by atoms with Gasteiger partial charge in [-0.2, -0.15) is 4.31 Å². The maximum atomic E-state index is 13.6. The van der Waals surface area contributed by atoms with Crippen LogP contribution in [0, 0.1) is 5.82 Å². The van der Waals surface area contributed by atoms with Gasteiger partial charge in [0, 0.05) is 12.0 Å². The molecule has 23 heavy (non-hydrogen) atoms. The van der Waals surface area contributed by atoms with Gasteiger partial charge >= 0.3 is 0 Å². The van der Waals surface area contributed by atoms with Gasteiger partial charge in [0.2, 0.25) is 15.3 Å². The summed E-state index contributed by atoms with van der Waals surface area (Å²) in [6.07, 6.45) is 0.285. The maximum Gasteiger partial charge on any atom is 0.236 e. The Morgan fingerprint density at radius 3 is 2.70 bits per heavy atom. The molecule has 5 nitrogen and oxygen atoms in total. The molecule has 1 aromatic carbocycles. The summed E-state index contributed by atoms with van der Waals surface area (Å²) in [5, 5.41) is -0.788. The molecule has 0 N–H and O–H groups in total. The third-order valence-corrected chi connectivity index (χ3v) is 5.70. The van der Waals surface area contributed by atoms with Crippen LogP contribution in [-0.2, 0) is 14.8 Å². The number of carbonyl (C=O) groups is 1. The van der Waals surface area contributed by atoms with Gasteiger partial charge in [0.15, 0.2) is 0 Å². The van der Waals surface area contributed by atoms with Crippen molar-refractivity contribution in [3.05, 3.63) is 29.6 Å². The van der Waals surface area contributed by atoms with Crippen LogP contribution in [0.2, 0.25) is 0 Å². The summed E-state index contributed by atoms with van der Waals surface area (Å²) in [5.41, 5.74) is -0.258. The van der Waals surface area contributed by atoms with Crippen molar-refractivity contribution in [3.63, 3.8) is 0 Å². The molecule has 0 spiro atoms. The normalized spacial score (nSPS) is 20.0. The summed E-state index contributed by atoms with van der Waals surface area (Å²) >= 11 is 5.43. The summed E-state index contributed by atoms with van der Waals surface area (Å²) in [5.74, 6) is -0.270. The average Bonchev–Trinajstić information content (AvgIpc) is 2.43. The Bertz CT molecular complexity index is 720. The molecule has 1 aliphatic rings. The van der Waals surface area contributed by atoms with Crippen molar-refractivity contribution in [2.75, 3.05) is 12.3 Å². The third-order valence-electron chi connectivity index (χ3n) is 3.75. The first-order valence-electron chi connectivity index (χ1n) is 7.22. The van der Waals surface area contributed by atoms with Crippen LogP contribution in [-0.4, -0.2) is 35.9 Å². The SMILES string of the molecule is CCS(=O)(=O)N(CC(=O)Cl)C1CC(C)(C)Oc2ccc(F)cc21. The van der Waals surface area contributed by atoms with Gasteiger partial charge < -0.3 is 4.74 Å². The Balaban J connectivity index is 2.58. The number of hydrogen-bond donors (Lipinski definition) is 0. The minimum atomic E-state index is -3.71. The number of carbonyl (C=O) groups excluding carboxylic acids is 1. The van der Waals surface area contributed by atoms with Crippen LogP contribution in [0.1, 0.15) is 38.8 Å². The molecule has 1 unspecified atom stereocenters. The lowest BCUT2D eigenvalue weighted by molar-refractivity contribution is -0.112. The molecule has 1 aromatic rings. The van der Waals surface area contributed by atoms with Gasteiger partial charge in [0.1, 0.15) is 17.2 Å². The molecule has 0 bridgehead atoms. The van der Waals surface area contributed by atoms with Crippen molar-refractivity contribution >= 4 is 26.9 Å². The molecule has 0 amide bonds. The molecule has 0 saturated heterocycles. The van der Waals surface area contributed by atoms with Gasteiger partial charge in [-0.05, 0) is 50.6 Å². The highest BCUT2D eigenvalue weighted by atomic mass is 35.5. The lowest BCUT2D eigenvalue weighted by atomic mass is 9.89. The summed E-state index contributed by atoms with van der Waals surface area (Å²) in [6, 6.07) is 3.25.